The average molecular weight is 266 g/mol. The Balaban J connectivity index is 2.12. The number of anilines is 1. The van der Waals surface area contributed by atoms with Gasteiger partial charge in [-0.15, -0.1) is 0 Å². The molecule has 0 bridgehead atoms. The van der Waals surface area contributed by atoms with Crippen molar-refractivity contribution >= 4 is 11.6 Å². The summed E-state index contributed by atoms with van der Waals surface area (Å²) in [6.45, 7) is 3.08. The molecule has 1 aromatic carbocycles. The zero-order chi connectivity index (χ0) is 13.8. The SMILES string of the molecule is CCOc1ccc(N(C)C(=O)C2CCCN2)cc1F. The quantitative estimate of drug-likeness (QED) is 0.905. The molecule has 5 heteroatoms. The van der Waals surface area contributed by atoms with Crippen LogP contribution < -0.4 is 15.0 Å². The van der Waals surface area contributed by atoms with Gasteiger partial charge in [-0.1, -0.05) is 0 Å². The molecule has 1 saturated heterocycles. The summed E-state index contributed by atoms with van der Waals surface area (Å²) in [6.07, 6.45) is 1.84. The summed E-state index contributed by atoms with van der Waals surface area (Å²) >= 11 is 0. The minimum Gasteiger partial charge on any atom is -0.491 e. The van der Waals surface area contributed by atoms with Crippen molar-refractivity contribution in [3.05, 3.63) is 24.0 Å². The monoisotopic (exact) mass is 266 g/mol. The molecule has 1 heterocycles. The number of carbonyl (C=O) groups excluding carboxylic acids is 1. The lowest BCUT2D eigenvalue weighted by atomic mass is 10.2. The second-order valence-electron chi connectivity index (χ2n) is 4.59. The van der Waals surface area contributed by atoms with E-state index in [9.17, 15) is 9.18 Å². The molecule has 0 aromatic heterocycles. The summed E-state index contributed by atoms with van der Waals surface area (Å²) < 4.78 is 18.9. The molecule has 1 unspecified atom stereocenters. The molecule has 1 N–H and O–H groups in total. The van der Waals surface area contributed by atoms with E-state index in [2.05, 4.69) is 5.32 Å². The fourth-order valence-electron chi connectivity index (χ4n) is 2.23. The minimum atomic E-state index is -0.446. The van der Waals surface area contributed by atoms with Crippen molar-refractivity contribution in [1.29, 1.82) is 0 Å². The van der Waals surface area contributed by atoms with Crippen LogP contribution in [0.3, 0.4) is 0 Å². The van der Waals surface area contributed by atoms with Crippen LogP contribution in [0.15, 0.2) is 18.2 Å². The normalized spacial score (nSPS) is 18.4. The van der Waals surface area contributed by atoms with Crippen molar-refractivity contribution < 1.29 is 13.9 Å². The van der Waals surface area contributed by atoms with E-state index in [-0.39, 0.29) is 17.7 Å². The zero-order valence-corrected chi connectivity index (χ0v) is 11.3. The Bertz CT molecular complexity index is 459. The number of nitrogens with zero attached hydrogens (tertiary/aromatic N) is 1. The Hall–Kier alpha value is -1.62. The number of ether oxygens (including phenoxy) is 1. The number of nitrogens with one attached hydrogen (secondary N) is 1. The lowest BCUT2D eigenvalue weighted by molar-refractivity contribution is -0.119. The summed E-state index contributed by atoms with van der Waals surface area (Å²) in [5.41, 5.74) is 0.541. The third kappa shape index (κ3) is 3.04. The number of rotatable bonds is 4. The Morgan fingerprint density at radius 2 is 2.37 bits per heavy atom. The molecule has 2 rings (SSSR count). The van der Waals surface area contributed by atoms with Gasteiger partial charge in [0.1, 0.15) is 0 Å². The van der Waals surface area contributed by atoms with E-state index in [4.69, 9.17) is 4.74 Å². The van der Waals surface area contributed by atoms with E-state index in [0.717, 1.165) is 19.4 Å². The molecule has 0 saturated carbocycles. The van der Waals surface area contributed by atoms with Crippen molar-refractivity contribution in [2.45, 2.75) is 25.8 Å². The van der Waals surface area contributed by atoms with Crippen LogP contribution in [0.25, 0.3) is 0 Å². The van der Waals surface area contributed by atoms with Crippen LogP contribution in [0.1, 0.15) is 19.8 Å². The largest absolute Gasteiger partial charge is 0.491 e. The molecule has 1 fully saturated rings. The van der Waals surface area contributed by atoms with Gasteiger partial charge in [0.05, 0.1) is 12.6 Å². The number of hydrogen-bond donors (Lipinski definition) is 1. The van der Waals surface area contributed by atoms with Gasteiger partial charge in [0, 0.05) is 18.8 Å². The Morgan fingerprint density at radius 3 is 2.95 bits per heavy atom. The van der Waals surface area contributed by atoms with E-state index in [0.29, 0.717) is 12.3 Å². The Kier molecular flexibility index (Phi) is 4.37. The van der Waals surface area contributed by atoms with Crippen molar-refractivity contribution in [1.82, 2.24) is 5.32 Å². The summed E-state index contributed by atoms with van der Waals surface area (Å²) in [4.78, 5) is 13.7. The van der Waals surface area contributed by atoms with Gasteiger partial charge in [0.2, 0.25) is 5.91 Å². The molecular formula is C14H19FN2O2. The van der Waals surface area contributed by atoms with E-state index in [1.165, 1.54) is 11.0 Å². The van der Waals surface area contributed by atoms with Crippen molar-refractivity contribution in [3.63, 3.8) is 0 Å². The zero-order valence-electron chi connectivity index (χ0n) is 11.3. The molecule has 104 valence electrons. The van der Waals surface area contributed by atoms with Crippen LogP contribution >= 0.6 is 0 Å². The smallest absolute Gasteiger partial charge is 0.243 e. The highest BCUT2D eigenvalue weighted by Gasteiger charge is 2.25. The van der Waals surface area contributed by atoms with E-state index < -0.39 is 5.82 Å². The van der Waals surface area contributed by atoms with Crippen LogP contribution in [0.4, 0.5) is 10.1 Å². The number of halogens is 1. The van der Waals surface area contributed by atoms with Crippen LogP contribution in [0, 0.1) is 5.82 Å². The number of likely N-dealkylation sites (N-methyl/N-ethyl adjacent to an activating group) is 1. The van der Waals surface area contributed by atoms with Crippen LogP contribution in [-0.4, -0.2) is 32.1 Å². The number of amides is 1. The second kappa shape index (κ2) is 6.02. The first-order valence-electron chi connectivity index (χ1n) is 6.56. The first kappa shape index (κ1) is 13.8. The van der Waals surface area contributed by atoms with E-state index in [1.54, 1.807) is 26.1 Å². The lowest BCUT2D eigenvalue weighted by Gasteiger charge is -2.21. The molecule has 1 atom stereocenters. The van der Waals surface area contributed by atoms with Gasteiger partial charge in [-0.2, -0.15) is 0 Å². The average Bonchev–Trinajstić information content (AvgIpc) is 2.93. The first-order valence-corrected chi connectivity index (χ1v) is 6.56. The van der Waals surface area contributed by atoms with Crippen molar-refractivity contribution in [3.8, 4) is 5.75 Å². The number of hydrogen-bond acceptors (Lipinski definition) is 3. The minimum absolute atomic E-state index is 0.0268. The maximum atomic E-state index is 13.8. The predicted molar refractivity (Wildman–Crippen MR) is 72.0 cm³/mol. The summed E-state index contributed by atoms with van der Waals surface area (Å²) in [6, 6.07) is 4.43. The van der Waals surface area contributed by atoms with Gasteiger partial charge >= 0.3 is 0 Å². The molecule has 0 radical (unpaired) electrons. The van der Waals surface area contributed by atoms with Gasteiger partial charge in [0.15, 0.2) is 11.6 Å². The molecule has 1 aliphatic heterocycles. The van der Waals surface area contributed by atoms with Gasteiger partial charge in [-0.3, -0.25) is 4.79 Å². The predicted octanol–water partition coefficient (Wildman–Crippen LogP) is 1.94. The van der Waals surface area contributed by atoms with Gasteiger partial charge in [0.25, 0.3) is 0 Å². The molecule has 1 aliphatic rings. The standard InChI is InChI=1S/C14H19FN2O2/c1-3-19-13-7-6-10(9-11(13)15)17(2)14(18)12-5-4-8-16-12/h6-7,9,12,16H,3-5,8H2,1-2H3. The molecule has 0 aliphatic carbocycles. The topological polar surface area (TPSA) is 41.6 Å². The molecule has 1 amide bonds. The van der Waals surface area contributed by atoms with Gasteiger partial charge in [-0.05, 0) is 38.4 Å². The fourth-order valence-corrected chi connectivity index (χ4v) is 2.23. The Morgan fingerprint density at radius 1 is 1.58 bits per heavy atom. The highest BCUT2D eigenvalue weighted by molar-refractivity contribution is 5.96. The van der Waals surface area contributed by atoms with Crippen molar-refractivity contribution in [2.75, 3.05) is 25.1 Å². The Labute approximate surface area is 112 Å². The maximum Gasteiger partial charge on any atom is 0.243 e. The molecule has 0 spiro atoms. The first-order chi connectivity index (χ1) is 9.13. The molecule has 4 nitrogen and oxygen atoms in total. The summed E-state index contributed by atoms with van der Waals surface area (Å²) in [5.74, 6) is -0.259. The lowest BCUT2D eigenvalue weighted by Crippen LogP contribution is -2.41. The van der Waals surface area contributed by atoms with E-state index in [1.807, 2.05) is 0 Å². The highest BCUT2D eigenvalue weighted by atomic mass is 19.1. The summed E-state index contributed by atoms with van der Waals surface area (Å²) in [5, 5.41) is 3.14. The number of benzene rings is 1. The summed E-state index contributed by atoms with van der Waals surface area (Å²) in [7, 11) is 1.66. The molecule has 1 aromatic rings. The van der Waals surface area contributed by atoms with Gasteiger partial charge < -0.3 is 15.0 Å². The number of carbonyl (C=O) groups is 1. The van der Waals surface area contributed by atoms with Crippen LogP contribution in [0.5, 0.6) is 5.75 Å². The maximum absolute atomic E-state index is 13.8. The molecule has 19 heavy (non-hydrogen) atoms. The van der Waals surface area contributed by atoms with Crippen LogP contribution in [0.2, 0.25) is 0 Å². The van der Waals surface area contributed by atoms with Gasteiger partial charge in [-0.25, -0.2) is 4.39 Å². The molecular weight excluding hydrogens is 247 g/mol. The third-order valence-corrected chi connectivity index (χ3v) is 3.29. The highest BCUT2D eigenvalue weighted by Crippen LogP contribution is 2.24. The fraction of sp³-hybridized carbons (Fsp3) is 0.500. The van der Waals surface area contributed by atoms with Crippen molar-refractivity contribution in [2.24, 2.45) is 0 Å². The third-order valence-electron chi connectivity index (χ3n) is 3.29. The van der Waals surface area contributed by atoms with Crippen LogP contribution in [-0.2, 0) is 4.79 Å². The second-order valence-corrected chi connectivity index (χ2v) is 4.59. The van der Waals surface area contributed by atoms with E-state index >= 15 is 0 Å².